The number of fused-ring (bicyclic) bond motifs is 1. The fourth-order valence-corrected chi connectivity index (χ4v) is 1.85. The second-order valence-electron chi connectivity index (χ2n) is 4.72. The molecule has 6 nitrogen and oxygen atoms in total. The van der Waals surface area contributed by atoms with E-state index in [1.165, 1.54) is 4.68 Å². The highest BCUT2D eigenvalue weighted by molar-refractivity contribution is 4.90. The Kier molecular flexibility index (Phi) is 3.96. The smallest absolute Gasteiger partial charge is 0.346 e. The molecule has 1 aliphatic rings. The molecule has 0 atom stereocenters. The van der Waals surface area contributed by atoms with E-state index in [-0.39, 0.29) is 5.69 Å². The van der Waals surface area contributed by atoms with Crippen LogP contribution in [0.4, 0.5) is 0 Å². The largest absolute Gasteiger partial charge is 0.379 e. The van der Waals surface area contributed by atoms with E-state index in [1.807, 2.05) is 0 Å². The maximum atomic E-state index is 11.9. The average Bonchev–Trinajstić information content (AvgIpc) is 2.63. The van der Waals surface area contributed by atoms with Gasteiger partial charge in [-0.2, -0.15) is 5.10 Å². The molecule has 0 saturated carbocycles. The van der Waals surface area contributed by atoms with Crippen molar-refractivity contribution in [1.82, 2.24) is 19.7 Å². The lowest BCUT2D eigenvalue weighted by Crippen LogP contribution is -2.34. The molecule has 0 saturated heterocycles. The third-order valence-corrected chi connectivity index (χ3v) is 2.69. The summed E-state index contributed by atoms with van der Waals surface area (Å²) in [5.74, 6) is 1.34. The topological polar surface area (TPSA) is 61.1 Å². The Hall–Kier alpha value is -1.14. The lowest BCUT2D eigenvalue weighted by molar-refractivity contribution is 0.100. The third-order valence-electron chi connectivity index (χ3n) is 2.69. The standard InChI is InChI=1S/C11H20N4O2/c1-9(2)8-17-6-5-15-11(16)14-4-3-12-7-10(14)13-15/h9,12H,3-8H2,1-2H3. The highest BCUT2D eigenvalue weighted by atomic mass is 16.5. The predicted molar refractivity (Wildman–Crippen MR) is 63.9 cm³/mol. The molecule has 0 amide bonds. The maximum Gasteiger partial charge on any atom is 0.346 e. The molecule has 0 aliphatic carbocycles. The van der Waals surface area contributed by atoms with Crippen LogP contribution in [0.1, 0.15) is 19.7 Å². The van der Waals surface area contributed by atoms with E-state index < -0.39 is 0 Å². The van der Waals surface area contributed by atoms with Gasteiger partial charge >= 0.3 is 5.69 Å². The van der Waals surface area contributed by atoms with Gasteiger partial charge in [-0.3, -0.25) is 4.57 Å². The zero-order valence-corrected chi connectivity index (χ0v) is 10.5. The molecule has 0 unspecified atom stereocenters. The van der Waals surface area contributed by atoms with Crippen molar-refractivity contribution < 1.29 is 4.74 Å². The van der Waals surface area contributed by atoms with Crippen LogP contribution in [0.3, 0.4) is 0 Å². The minimum absolute atomic E-state index is 0.0188. The number of aromatic nitrogens is 3. The zero-order chi connectivity index (χ0) is 12.3. The second-order valence-corrected chi connectivity index (χ2v) is 4.72. The molecule has 1 aliphatic heterocycles. The van der Waals surface area contributed by atoms with Crippen molar-refractivity contribution in [2.24, 2.45) is 5.92 Å². The Morgan fingerprint density at radius 2 is 2.35 bits per heavy atom. The van der Waals surface area contributed by atoms with Gasteiger partial charge < -0.3 is 10.1 Å². The second kappa shape index (κ2) is 5.46. The van der Waals surface area contributed by atoms with E-state index in [9.17, 15) is 4.79 Å². The summed E-state index contributed by atoms with van der Waals surface area (Å²) >= 11 is 0. The SMILES string of the molecule is CC(C)COCCn1nc2n(c1=O)CCNC2. The molecule has 1 N–H and O–H groups in total. The van der Waals surface area contributed by atoms with E-state index in [1.54, 1.807) is 4.57 Å². The molecule has 6 heteroatoms. The van der Waals surface area contributed by atoms with Crippen LogP contribution in [-0.2, 0) is 24.4 Å². The van der Waals surface area contributed by atoms with Crippen LogP contribution in [0.15, 0.2) is 4.79 Å². The first kappa shape index (κ1) is 12.3. The predicted octanol–water partition coefficient (Wildman–Crippen LogP) is -0.179. The summed E-state index contributed by atoms with van der Waals surface area (Å²) in [6.45, 7) is 8.23. The Morgan fingerprint density at radius 3 is 3.06 bits per heavy atom. The number of ether oxygens (including phenoxy) is 1. The van der Waals surface area contributed by atoms with Crippen LogP contribution in [0.2, 0.25) is 0 Å². The lowest BCUT2D eigenvalue weighted by atomic mass is 10.2. The maximum absolute atomic E-state index is 11.9. The first-order valence-electron chi connectivity index (χ1n) is 6.13. The van der Waals surface area contributed by atoms with Gasteiger partial charge in [0.15, 0.2) is 0 Å². The molecule has 0 radical (unpaired) electrons. The van der Waals surface area contributed by atoms with Crippen LogP contribution < -0.4 is 11.0 Å². The van der Waals surface area contributed by atoms with Crippen molar-refractivity contribution in [3.63, 3.8) is 0 Å². The van der Waals surface area contributed by atoms with Crippen molar-refractivity contribution in [2.75, 3.05) is 19.8 Å². The Labute approximate surface area is 101 Å². The van der Waals surface area contributed by atoms with Crippen molar-refractivity contribution >= 4 is 0 Å². The van der Waals surface area contributed by atoms with Crippen molar-refractivity contribution in [2.45, 2.75) is 33.5 Å². The minimum atomic E-state index is -0.0188. The normalized spacial score (nSPS) is 15.2. The van der Waals surface area contributed by atoms with Crippen LogP contribution in [-0.4, -0.2) is 34.1 Å². The number of nitrogens with zero attached hydrogens (tertiary/aromatic N) is 3. The van der Waals surface area contributed by atoms with E-state index in [4.69, 9.17) is 4.74 Å². The average molecular weight is 240 g/mol. The van der Waals surface area contributed by atoms with Gasteiger partial charge in [-0.1, -0.05) is 13.8 Å². The van der Waals surface area contributed by atoms with Gasteiger partial charge in [-0.05, 0) is 5.92 Å². The third kappa shape index (κ3) is 2.95. The lowest BCUT2D eigenvalue weighted by Gasteiger charge is -2.11. The number of hydrogen-bond acceptors (Lipinski definition) is 4. The Bertz CT molecular complexity index is 422. The summed E-state index contributed by atoms with van der Waals surface area (Å²) in [6, 6.07) is 0. The van der Waals surface area contributed by atoms with Crippen molar-refractivity contribution in [1.29, 1.82) is 0 Å². The molecule has 0 fully saturated rings. The van der Waals surface area contributed by atoms with Gasteiger partial charge in [0, 0.05) is 19.7 Å². The van der Waals surface area contributed by atoms with E-state index >= 15 is 0 Å². The number of nitrogens with one attached hydrogen (secondary N) is 1. The van der Waals surface area contributed by atoms with E-state index in [0.717, 1.165) is 19.0 Å². The van der Waals surface area contributed by atoms with Gasteiger partial charge in [0.05, 0.1) is 19.7 Å². The molecule has 2 heterocycles. The van der Waals surface area contributed by atoms with Crippen molar-refractivity contribution in [3.05, 3.63) is 16.3 Å². The molecule has 1 aromatic rings. The first-order valence-corrected chi connectivity index (χ1v) is 6.13. The van der Waals surface area contributed by atoms with Crippen LogP contribution >= 0.6 is 0 Å². The molecular weight excluding hydrogens is 220 g/mol. The summed E-state index contributed by atoms with van der Waals surface area (Å²) in [6.07, 6.45) is 0. The van der Waals surface area contributed by atoms with Gasteiger partial charge in [-0.15, -0.1) is 0 Å². The van der Waals surface area contributed by atoms with Gasteiger partial charge in [-0.25, -0.2) is 9.48 Å². The van der Waals surface area contributed by atoms with Crippen LogP contribution in [0.5, 0.6) is 0 Å². The van der Waals surface area contributed by atoms with Gasteiger partial charge in [0.25, 0.3) is 0 Å². The molecule has 0 bridgehead atoms. The van der Waals surface area contributed by atoms with E-state index in [0.29, 0.717) is 32.2 Å². The molecule has 0 aromatic carbocycles. The zero-order valence-electron chi connectivity index (χ0n) is 10.5. The molecular formula is C11H20N4O2. The van der Waals surface area contributed by atoms with Gasteiger partial charge in [0.1, 0.15) is 5.82 Å². The van der Waals surface area contributed by atoms with Crippen molar-refractivity contribution in [3.8, 4) is 0 Å². The van der Waals surface area contributed by atoms with Crippen LogP contribution in [0, 0.1) is 5.92 Å². The fourth-order valence-electron chi connectivity index (χ4n) is 1.85. The fraction of sp³-hybridized carbons (Fsp3) is 0.818. The summed E-state index contributed by atoms with van der Waals surface area (Å²) < 4.78 is 8.70. The number of rotatable bonds is 5. The molecule has 17 heavy (non-hydrogen) atoms. The molecule has 0 spiro atoms. The highest BCUT2D eigenvalue weighted by Gasteiger charge is 2.15. The molecule has 2 rings (SSSR count). The summed E-state index contributed by atoms with van der Waals surface area (Å²) in [5, 5.41) is 7.49. The van der Waals surface area contributed by atoms with E-state index in [2.05, 4.69) is 24.3 Å². The molecule has 1 aromatic heterocycles. The minimum Gasteiger partial charge on any atom is -0.379 e. The highest BCUT2D eigenvalue weighted by Crippen LogP contribution is 1.98. The summed E-state index contributed by atoms with van der Waals surface area (Å²) in [7, 11) is 0. The van der Waals surface area contributed by atoms with Crippen LogP contribution in [0.25, 0.3) is 0 Å². The Balaban J connectivity index is 1.93. The first-order chi connectivity index (χ1) is 8.18. The number of hydrogen-bond donors (Lipinski definition) is 1. The quantitative estimate of drug-likeness (QED) is 0.725. The van der Waals surface area contributed by atoms with Gasteiger partial charge in [0.2, 0.25) is 0 Å². The summed E-state index contributed by atoms with van der Waals surface area (Å²) in [5.41, 5.74) is -0.0188. The Morgan fingerprint density at radius 1 is 1.53 bits per heavy atom. The monoisotopic (exact) mass is 240 g/mol. The summed E-state index contributed by atoms with van der Waals surface area (Å²) in [4.78, 5) is 11.9. The molecule has 96 valence electrons.